The van der Waals surface area contributed by atoms with Crippen molar-refractivity contribution >= 4 is 23.7 Å². The second kappa shape index (κ2) is 9.03. The third kappa shape index (κ3) is 5.76. The number of hydrogen-bond acceptors (Lipinski definition) is 3. The summed E-state index contributed by atoms with van der Waals surface area (Å²) in [6, 6.07) is 13.7. The zero-order valence-corrected chi connectivity index (χ0v) is 17.4. The fourth-order valence-corrected chi connectivity index (χ4v) is 3.42. The lowest BCUT2D eigenvalue weighted by atomic mass is 9.87. The molecule has 1 atom stereocenters. The summed E-state index contributed by atoms with van der Waals surface area (Å²) < 4.78 is 0. The van der Waals surface area contributed by atoms with Gasteiger partial charge in [-0.15, -0.1) is 0 Å². The molecule has 2 aromatic rings. The summed E-state index contributed by atoms with van der Waals surface area (Å²) in [5.74, 6) is 0.192. The van der Waals surface area contributed by atoms with Crippen LogP contribution in [0.15, 0.2) is 54.7 Å². The van der Waals surface area contributed by atoms with Crippen LogP contribution in [0.5, 0.6) is 0 Å². The van der Waals surface area contributed by atoms with Gasteiger partial charge in [-0.05, 0) is 47.6 Å². The average molecular weight is 392 g/mol. The van der Waals surface area contributed by atoms with Gasteiger partial charge < -0.3 is 10.2 Å². The number of benzene rings is 1. The Morgan fingerprint density at radius 3 is 2.55 bits per heavy atom. The quantitative estimate of drug-likeness (QED) is 0.792. The maximum absolute atomic E-state index is 12.6. The Kier molecular flexibility index (Phi) is 6.47. The average Bonchev–Trinajstić information content (AvgIpc) is 2.72. The summed E-state index contributed by atoms with van der Waals surface area (Å²) in [4.78, 5) is 31.0. The van der Waals surface area contributed by atoms with Crippen molar-refractivity contribution < 1.29 is 9.59 Å². The Morgan fingerprint density at radius 1 is 1.14 bits per heavy atom. The van der Waals surface area contributed by atoms with Crippen molar-refractivity contribution in [3.8, 4) is 0 Å². The van der Waals surface area contributed by atoms with Crippen molar-refractivity contribution in [2.45, 2.75) is 39.0 Å². The van der Waals surface area contributed by atoms with Gasteiger partial charge in [0.25, 0.3) is 0 Å². The minimum Gasteiger partial charge on any atom is -0.338 e. The number of piperidine rings is 1. The molecule has 2 amide bonds. The highest BCUT2D eigenvalue weighted by atomic mass is 16.2. The van der Waals surface area contributed by atoms with Gasteiger partial charge >= 0.3 is 0 Å². The van der Waals surface area contributed by atoms with Crippen LogP contribution in [0, 0.1) is 5.92 Å². The van der Waals surface area contributed by atoms with E-state index in [4.69, 9.17) is 0 Å². The number of hydrogen-bond donors (Lipinski definition) is 1. The number of anilines is 1. The van der Waals surface area contributed by atoms with Crippen LogP contribution in [0.2, 0.25) is 0 Å². The lowest BCUT2D eigenvalue weighted by Gasteiger charge is -2.31. The molecule has 0 bridgehead atoms. The monoisotopic (exact) mass is 391 g/mol. The van der Waals surface area contributed by atoms with Crippen LogP contribution in [0.1, 0.15) is 44.7 Å². The lowest BCUT2D eigenvalue weighted by Crippen LogP contribution is -2.43. The van der Waals surface area contributed by atoms with Gasteiger partial charge in [-0.3, -0.25) is 9.59 Å². The smallest absolute Gasteiger partial charge is 0.246 e. The molecule has 1 fully saturated rings. The molecule has 5 heteroatoms. The van der Waals surface area contributed by atoms with Gasteiger partial charge in [0, 0.05) is 25.4 Å². The maximum Gasteiger partial charge on any atom is 0.246 e. The molecule has 5 nitrogen and oxygen atoms in total. The standard InChI is InChI=1S/C24H29N3O2/c1-24(2,3)20-12-9-18(10-13-20)11-14-22(28)27-16-6-7-19(17-27)23(29)26-21-8-4-5-15-25-21/h4-5,8-15,19H,6-7,16-17H2,1-3H3,(H,25,26,29). The third-order valence-electron chi connectivity index (χ3n) is 5.22. The highest BCUT2D eigenvalue weighted by Crippen LogP contribution is 2.23. The molecule has 3 rings (SSSR count). The van der Waals surface area contributed by atoms with Gasteiger partial charge in [-0.1, -0.05) is 51.1 Å². The van der Waals surface area contributed by atoms with E-state index in [0.717, 1.165) is 18.4 Å². The first kappa shape index (κ1) is 20.8. The van der Waals surface area contributed by atoms with Crippen molar-refractivity contribution in [2.75, 3.05) is 18.4 Å². The van der Waals surface area contributed by atoms with Crippen molar-refractivity contribution in [3.63, 3.8) is 0 Å². The Morgan fingerprint density at radius 2 is 1.90 bits per heavy atom. The molecule has 1 aromatic heterocycles. The number of carbonyl (C=O) groups is 2. The van der Waals surface area contributed by atoms with E-state index >= 15 is 0 Å². The molecule has 1 aliphatic heterocycles. The lowest BCUT2D eigenvalue weighted by molar-refractivity contribution is -0.130. The van der Waals surface area contributed by atoms with Crippen LogP contribution >= 0.6 is 0 Å². The van der Waals surface area contributed by atoms with Crippen molar-refractivity contribution in [2.24, 2.45) is 5.92 Å². The molecule has 0 spiro atoms. The number of pyridine rings is 1. The molecule has 0 radical (unpaired) electrons. The van der Waals surface area contributed by atoms with Gasteiger partial charge in [0.2, 0.25) is 11.8 Å². The predicted molar refractivity (Wildman–Crippen MR) is 116 cm³/mol. The Hall–Kier alpha value is -2.95. The first-order chi connectivity index (χ1) is 13.8. The summed E-state index contributed by atoms with van der Waals surface area (Å²) in [5.41, 5.74) is 2.36. The second-order valence-corrected chi connectivity index (χ2v) is 8.53. The van der Waals surface area contributed by atoms with E-state index in [-0.39, 0.29) is 23.1 Å². The van der Waals surface area contributed by atoms with Crippen molar-refractivity contribution in [3.05, 3.63) is 65.9 Å². The number of nitrogens with one attached hydrogen (secondary N) is 1. The van der Waals surface area contributed by atoms with Gasteiger partial charge in [0.1, 0.15) is 5.82 Å². The van der Waals surface area contributed by atoms with Gasteiger partial charge in [0.15, 0.2) is 0 Å². The molecule has 2 heterocycles. The molecular weight excluding hydrogens is 362 g/mol. The van der Waals surface area contributed by atoms with E-state index in [1.807, 2.05) is 24.3 Å². The van der Waals surface area contributed by atoms with Crippen molar-refractivity contribution in [1.29, 1.82) is 0 Å². The number of aromatic nitrogens is 1. The fraction of sp³-hybridized carbons (Fsp3) is 0.375. The second-order valence-electron chi connectivity index (χ2n) is 8.53. The number of carbonyl (C=O) groups excluding carboxylic acids is 2. The number of likely N-dealkylation sites (tertiary alicyclic amines) is 1. The molecule has 1 N–H and O–H groups in total. The van der Waals surface area contributed by atoms with Crippen molar-refractivity contribution in [1.82, 2.24) is 9.88 Å². The van der Waals surface area contributed by atoms with Gasteiger partial charge in [-0.25, -0.2) is 4.98 Å². The molecule has 29 heavy (non-hydrogen) atoms. The summed E-state index contributed by atoms with van der Waals surface area (Å²) in [7, 11) is 0. The molecule has 152 valence electrons. The first-order valence-electron chi connectivity index (χ1n) is 10.1. The molecular formula is C24H29N3O2. The Balaban J connectivity index is 1.57. The molecule has 1 saturated heterocycles. The highest BCUT2D eigenvalue weighted by Gasteiger charge is 2.27. The normalized spacial score (nSPS) is 17.3. The molecule has 1 aromatic carbocycles. The topological polar surface area (TPSA) is 62.3 Å². The minimum atomic E-state index is -0.214. The summed E-state index contributed by atoms with van der Waals surface area (Å²) in [5, 5.41) is 2.84. The van der Waals surface area contributed by atoms with E-state index in [0.29, 0.717) is 18.9 Å². The minimum absolute atomic E-state index is 0.0553. The Bertz CT molecular complexity index is 867. The molecule has 1 aliphatic rings. The number of nitrogens with zero attached hydrogens (tertiary/aromatic N) is 2. The summed E-state index contributed by atoms with van der Waals surface area (Å²) >= 11 is 0. The van der Waals surface area contributed by atoms with Crippen LogP contribution in [-0.2, 0) is 15.0 Å². The molecule has 1 unspecified atom stereocenters. The highest BCUT2D eigenvalue weighted by molar-refractivity contribution is 5.94. The predicted octanol–water partition coefficient (Wildman–Crippen LogP) is 4.27. The van der Waals surface area contributed by atoms with Crippen LogP contribution < -0.4 is 5.32 Å². The van der Waals surface area contributed by atoms with Crippen LogP contribution in [0.3, 0.4) is 0 Å². The van der Waals surface area contributed by atoms with Crippen LogP contribution in [0.25, 0.3) is 6.08 Å². The SMILES string of the molecule is CC(C)(C)c1ccc(C=CC(=O)N2CCCC(C(=O)Nc3ccccn3)C2)cc1. The van der Waals surface area contributed by atoms with Crippen LogP contribution in [-0.4, -0.2) is 34.8 Å². The van der Waals surface area contributed by atoms with E-state index in [2.05, 4.69) is 43.2 Å². The summed E-state index contributed by atoms with van der Waals surface area (Å²) in [6.45, 7) is 7.65. The van der Waals surface area contributed by atoms with Gasteiger partial charge in [-0.2, -0.15) is 0 Å². The number of rotatable bonds is 4. The Labute approximate surface area is 172 Å². The first-order valence-corrected chi connectivity index (χ1v) is 10.1. The van der Waals surface area contributed by atoms with E-state index in [1.165, 1.54) is 5.56 Å². The number of amides is 2. The summed E-state index contributed by atoms with van der Waals surface area (Å²) in [6.07, 6.45) is 6.68. The van der Waals surface area contributed by atoms with Gasteiger partial charge in [0.05, 0.1) is 5.92 Å². The fourth-order valence-electron chi connectivity index (χ4n) is 3.42. The largest absolute Gasteiger partial charge is 0.338 e. The van der Waals surface area contributed by atoms with Crippen LogP contribution in [0.4, 0.5) is 5.82 Å². The zero-order valence-electron chi connectivity index (χ0n) is 17.4. The molecule has 0 aliphatic carbocycles. The molecule has 0 saturated carbocycles. The van der Waals surface area contributed by atoms with E-state index in [9.17, 15) is 9.59 Å². The van der Waals surface area contributed by atoms with E-state index in [1.54, 1.807) is 29.3 Å². The van der Waals surface area contributed by atoms with E-state index < -0.39 is 0 Å². The maximum atomic E-state index is 12.6. The third-order valence-corrected chi connectivity index (χ3v) is 5.22. The zero-order chi connectivity index (χ0) is 20.9.